The highest BCUT2D eigenvalue weighted by atomic mass is 35.5. The van der Waals surface area contributed by atoms with Gasteiger partial charge >= 0.3 is 5.97 Å². The minimum atomic E-state index is -1.20. The van der Waals surface area contributed by atoms with Crippen LogP contribution in [-0.4, -0.2) is 33.6 Å². The van der Waals surface area contributed by atoms with Crippen LogP contribution in [-0.2, 0) is 16.1 Å². The van der Waals surface area contributed by atoms with Gasteiger partial charge in [0.15, 0.2) is 6.10 Å². The normalized spacial score (nSPS) is 12.5. The predicted octanol–water partition coefficient (Wildman–Crippen LogP) is 0.460. The second-order valence-corrected chi connectivity index (χ2v) is 3.08. The third-order valence-corrected chi connectivity index (χ3v) is 1.72. The van der Waals surface area contributed by atoms with Crippen molar-refractivity contribution in [2.75, 3.05) is 6.61 Å². The molecule has 0 aliphatic carbocycles. The molecule has 14 heavy (non-hydrogen) atoms. The van der Waals surface area contributed by atoms with E-state index in [1.54, 1.807) is 6.92 Å². The lowest BCUT2D eigenvalue weighted by Gasteiger charge is -2.08. The predicted molar refractivity (Wildman–Crippen MR) is 49.9 cm³/mol. The van der Waals surface area contributed by atoms with E-state index in [0.717, 1.165) is 0 Å². The van der Waals surface area contributed by atoms with E-state index in [4.69, 9.17) is 11.6 Å². The molecule has 0 saturated carbocycles. The highest BCUT2D eigenvalue weighted by Gasteiger charge is 2.16. The largest absolute Gasteiger partial charge is 0.464 e. The maximum Gasteiger partial charge on any atom is 0.336 e. The van der Waals surface area contributed by atoms with Crippen molar-refractivity contribution in [2.45, 2.75) is 19.6 Å². The van der Waals surface area contributed by atoms with E-state index in [1.165, 1.54) is 17.1 Å². The molecule has 0 aromatic carbocycles. The molecule has 0 aliphatic heterocycles. The summed E-state index contributed by atoms with van der Waals surface area (Å²) >= 11 is 5.60. The number of halogens is 1. The second-order valence-electron chi connectivity index (χ2n) is 2.65. The molecule has 0 bridgehead atoms. The maximum absolute atomic E-state index is 11.0. The molecular formula is C8H11ClN2O3. The second kappa shape index (κ2) is 4.97. The third kappa shape index (κ3) is 3.01. The maximum atomic E-state index is 11.0. The van der Waals surface area contributed by atoms with Crippen LogP contribution in [0.5, 0.6) is 0 Å². The number of aliphatic hydroxyl groups excluding tert-OH is 1. The minimum Gasteiger partial charge on any atom is -0.464 e. The molecule has 6 heteroatoms. The topological polar surface area (TPSA) is 64.3 Å². The van der Waals surface area contributed by atoms with Crippen LogP contribution in [0.2, 0.25) is 5.02 Å². The summed E-state index contributed by atoms with van der Waals surface area (Å²) in [7, 11) is 0. The molecule has 0 spiro atoms. The van der Waals surface area contributed by atoms with E-state index in [9.17, 15) is 9.90 Å². The van der Waals surface area contributed by atoms with Gasteiger partial charge in [-0.05, 0) is 6.92 Å². The Balaban J connectivity index is 2.48. The average molecular weight is 219 g/mol. The Morgan fingerprint density at radius 3 is 3.07 bits per heavy atom. The number of carbonyl (C=O) groups is 1. The standard InChI is InChI=1S/C8H11ClN2O3/c1-2-14-8(13)7(12)5-11-4-6(9)3-10-11/h3-4,7,12H,2,5H2,1H3. The van der Waals surface area contributed by atoms with E-state index in [0.29, 0.717) is 5.02 Å². The molecule has 1 unspecified atom stereocenters. The van der Waals surface area contributed by atoms with Crippen LogP contribution >= 0.6 is 11.6 Å². The fourth-order valence-electron chi connectivity index (χ4n) is 0.928. The number of carbonyl (C=O) groups excluding carboxylic acids is 1. The van der Waals surface area contributed by atoms with Gasteiger partial charge in [-0.1, -0.05) is 11.6 Å². The summed E-state index contributed by atoms with van der Waals surface area (Å²) in [6, 6.07) is 0. The molecule has 1 N–H and O–H groups in total. The number of hydrogen-bond donors (Lipinski definition) is 1. The van der Waals surface area contributed by atoms with Gasteiger partial charge in [-0.2, -0.15) is 5.10 Å². The van der Waals surface area contributed by atoms with Gasteiger partial charge in [0.05, 0.1) is 24.4 Å². The number of aromatic nitrogens is 2. The van der Waals surface area contributed by atoms with Gasteiger partial charge < -0.3 is 9.84 Å². The van der Waals surface area contributed by atoms with Crippen molar-refractivity contribution in [3.05, 3.63) is 17.4 Å². The van der Waals surface area contributed by atoms with E-state index < -0.39 is 12.1 Å². The molecule has 5 nitrogen and oxygen atoms in total. The van der Waals surface area contributed by atoms with E-state index in [-0.39, 0.29) is 13.2 Å². The number of hydrogen-bond acceptors (Lipinski definition) is 4. The Morgan fingerprint density at radius 2 is 2.57 bits per heavy atom. The lowest BCUT2D eigenvalue weighted by Crippen LogP contribution is -2.28. The lowest BCUT2D eigenvalue weighted by molar-refractivity contribution is -0.153. The summed E-state index contributed by atoms with van der Waals surface area (Å²) in [5, 5.41) is 13.6. The summed E-state index contributed by atoms with van der Waals surface area (Å²) < 4.78 is 6.00. The molecular weight excluding hydrogens is 208 g/mol. The van der Waals surface area contributed by atoms with Crippen LogP contribution in [0.15, 0.2) is 12.4 Å². The van der Waals surface area contributed by atoms with E-state index >= 15 is 0 Å². The molecule has 0 saturated heterocycles. The quantitative estimate of drug-likeness (QED) is 0.746. The summed E-state index contributed by atoms with van der Waals surface area (Å²) in [6.45, 7) is 1.97. The lowest BCUT2D eigenvalue weighted by atomic mass is 10.3. The molecule has 1 aromatic heterocycles. The molecule has 0 fully saturated rings. The molecule has 0 amide bonds. The highest BCUT2D eigenvalue weighted by molar-refractivity contribution is 6.30. The van der Waals surface area contributed by atoms with Gasteiger partial charge in [0.1, 0.15) is 0 Å². The Bertz CT molecular complexity index is 313. The zero-order chi connectivity index (χ0) is 10.6. The van der Waals surface area contributed by atoms with Crippen LogP contribution in [0.4, 0.5) is 0 Å². The van der Waals surface area contributed by atoms with Gasteiger partial charge in [-0.3, -0.25) is 4.68 Å². The Morgan fingerprint density at radius 1 is 1.86 bits per heavy atom. The zero-order valence-corrected chi connectivity index (χ0v) is 8.44. The van der Waals surface area contributed by atoms with Crippen LogP contribution in [0.3, 0.4) is 0 Å². The first-order valence-electron chi connectivity index (χ1n) is 4.16. The summed E-state index contributed by atoms with van der Waals surface area (Å²) in [6.07, 6.45) is 1.74. The zero-order valence-electron chi connectivity index (χ0n) is 7.68. The number of ether oxygens (including phenoxy) is 1. The Hall–Kier alpha value is -1.07. The smallest absolute Gasteiger partial charge is 0.336 e. The van der Waals surface area contributed by atoms with Crippen LogP contribution in [0.25, 0.3) is 0 Å². The summed E-state index contributed by atoms with van der Waals surface area (Å²) in [5.41, 5.74) is 0. The Labute approximate surface area is 86.2 Å². The van der Waals surface area contributed by atoms with Crippen molar-refractivity contribution < 1.29 is 14.6 Å². The van der Waals surface area contributed by atoms with Crippen molar-refractivity contribution >= 4 is 17.6 Å². The molecule has 1 rings (SSSR count). The average Bonchev–Trinajstić information content (AvgIpc) is 2.51. The van der Waals surface area contributed by atoms with Crippen molar-refractivity contribution in [3.8, 4) is 0 Å². The van der Waals surface area contributed by atoms with Crippen molar-refractivity contribution in [1.29, 1.82) is 0 Å². The number of aliphatic hydroxyl groups is 1. The molecule has 0 aliphatic rings. The van der Waals surface area contributed by atoms with Crippen LogP contribution in [0.1, 0.15) is 6.92 Å². The van der Waals surface area contributed by atoms with Crippen molar-refractivity contribution in [3.63, 3.8) is 0 Å². The van der Waals surface area contributed by atoms with Crippen molar-refractivity contribution in [1.82, 2.24) is 9.78 Å². The highest BCUT2D eigenvalue weighted by Crippen LogP contribution is 2.05. The summed E-state index contributed by atoms with van der Waals surface area (Å²) in [5.74, 6) is -0.654. The Kier molecular flexibility index (Phi) is 3.91. The van der Waals surface area contributed by atoms with Crippen molar-refractivity contribution in [2.24, 2.45) is 0 Å². The first-order chi connectivity index (χ1) is 6.63. The summed E-state index contributed by atoms with van der Waals surface area (Å²) in [4.78, 5) is 11.0. The van der Waals surface area contributed by atoms with Gasteiger partial charge in [0.2, 0.25) is 0 Å². The number of esters is 1. The first-order valence-corrected chi connectivity index (χ1v) is 4.54. The molecule has 1 atom stereocenters. The molecule has 1 aromatic rings. The fraction of sp³-hybridized carbons (Fsp3) is 0.500. The van der Waals surface area contributed by atoms with E-state index in [1.807, 2.05) is 0 Å². The van der Waals surface area contributed by atoms with Crippen LogP contribution in [0, 0.1) is 0 Å². The van der Waals surface area contributed by atoms with E-state index in [2.05, 4.69) is 9.84 Å². The minimum absolute atomic E-state index is 0.0472. The first kappa shape index (κ1) is 11.0. The monoisotopic (exact) mass is 218 g/mol. The fourth-order valence-corrected chi connectivity index (χ4v) is 1.08. The third-order valence-electron chi connectivity index (χ3n) is 1.52. The number of rotatable bonds is 4. The van der Waals surface area contributed by atoms with Gasteiger partial charge in [0, 0.05) is 6.20 Å². The van der Waals surface area contributed by atoms with Gasteiger partial charge in [-0.25, -0.2) is 4.79 Å². The van der Waals surface area contributed by atoms with Crippen LogP contribution < -0.4 is 0 Å². The molecule has 1 heterocycles. The molecule has 0 radical (unpaired) electrons. The van der Waals surface area contributed by atoms with Gasteiger partial charge in [0.25, 0.3) is 0 Å². The molecule has 78 valence electrons. The van der Waals surface area contributed by atoms with Gasteiger partial charge in [-0.15, -0.1) is 0 Å². The number of nitrogens with zero attached hydrogens (tertiary/aromatic N) is 2. The SMILES string of the molecule is CCOC(=O)C(O)Cn1cc(Cl)cn1.